The van der Waals surface area contributed by atoms with Crippen molar-refractivity contribution in [3.8, 4) is 0 Å². The number of aryl methyl sites for hydroxylation is 2. The lowest BCUT2D eigenvalue weighted by Gasteiger charge is -2.14. The van der Waals surface area contributed by atoms with Gasteiger partial charge in [-0.1, -0.05) is 13.8 Å². The predicted molar refractivity (Wildman–Crippen MR) is 82.9 cm³/mol. The highest BCUT2D eigenvalue weighted by atomic mass is 16.3. The molecule has 2 rings (SSSR count). The van der Waals surface area contributed by atoms with E-state index in [1.807, 2.05) is 10.9 Å². The maximum atomic E-state index is 10.1. The lowest BCUT2D eigenvalue weighted by Crippen LogP contribution is -2.32. The van der Waals surface area contributed by atoms with E-state index in [1.165, 1.54) is 11.1 Å². The molecule has 0 amide bonds. The van der Waals surface area contributed by atoms with Crippen LogP contribution >= 0.6 is 0 Å². The Morgan fingerprint density at radius 3 is 2.60 bits per heavy atom. The summed E-state index contributed by atoms with van der Waals surface area (Å²) in [6.07, 6.45) is 1.42. The molecule has 0 fully saturated rings. The highest BCUT2D eigenvalue weighted by Crippen LogP contribution is 2.18. The van der Waals surface area contributed by atoms with Gasteiger partial charge in [-0.2, -0.15) is 0 Å². The zero-order valence-corrected chi connectivity index (χ0v) is 12.8. The Hall–Kier alpha value is -1.39. The lowest BCUT2D eigenvalue weighted by atomic mass is 10.1. The highest BCUT2D eigenvalue weighted by Gasteiger charge is 2.09. The molecule has 1 aromatic carbocycles. The Balaban J connectivity index is 2.04. The number of aliphatic hydroxyl groups is 1. The number of fused-ring (bicyclic) bond motifs is 1. The van der Waals surface area contributed by atoms with Gasteiger partial charge in [0.05, 0.1) is 30.0 Å². The summed E-state index contributed by atoms with van der Waals surface area (Å²) in [5.74, 6) is 0.599. The third-order valence-electron chi connectivity index (χ3n) is 3.58. The number of imidazole rings is 1. The zero-order valence-electron chi connectivity index (χ0n) is 12.8. The van der Waals surface area contributed by atoms with Gasteiger partial charge in [0.1, 0.15) is 0 Å². The molecule has 1 aromatic heterocycles. The largest absolute Gasteiger partial charge is 0.390 e. The van der Waals surface area contributed by atoms with Crippen LogP contribution in [0.3, 0.4) is 0 Å². The van der Waals surface area contributed by atoms with E-state index in [9.17, 15) is 5.11 Å². The van der Waals surface area contributed by atoms with E-state index in [4.69, 9.17) is 0 Å². The Morgan fingerprint density at radius 1 is 1.20 bits per heavy atom. The number of nitrogens with zero attached hydrogens (tertiary/aromatic N) is 2. The molecule has 2 aromatic rings. The SMILES string of the molecule is Cc1cc2ncn(CC(O)CNCC(C)C)c2cc1C. The summed E-state index contributed by atoms with van der Waals surface area (Å²) in [5.41, 5.74) is 4.60. The van der Waals surface area contributed by atoms with Crippen LogP contribution in [-0.4, -0.2) is 33.9 Å². The topological polar surface area (TPSA) is 50.1 Å². The second kappa shape index (κ2) is 6.37. The van der Waals surface area contributed by atoms with Gasteiger partial charge in [-0.05, 0) is 49.6 Å². The fraction of sp³-hybridized carbons (Fsp3) is 0.562. The number of hydrogen-bond donors (Lipinski definition) is 2. The van der Waals surface area contributed by atoms with Crippen LogP contribution in [0.2, 0.25) is 0 Å². The smallest absolute Gasteiger partial charge is 0.0959 e. The van der Waals surface area contributed by atoms with E-state index in [-0.39, 0.29) is 0 Å². The molecule has 0 aliphatic heterocycles. The van der Waals surface area contributed by atoms with Crippen LogP contribution in [0.4, 0.5) is 0 Å². The van der Waals surface area contributed by atoms with Crippen molar-refractivity contribution < 1.29 is 5.11 Å². The van der Waals surface area contributed by atoms with Gasteiger partial charge in [0, 0.05) is 6.54 Å². The van der Waals surface area contributed by atoms with E-state index in [1.54, 1.807) is 0 Å². The molecular formula is C16H25N3O. The minimum atomic E-state index is -0.396. The van der Waals surface area contributed by atoms with Crippen molar-refractivity contribution in [2.45, 2.75) is 40.3 Å². The molecule has 0 aliphatic rings. The van der Waals surface area contributed by atoms with E-state index in [0.717, 1.165) is 17.6 Å². The summed E-state index contributed by atoms with van der Waals surface area (Å²) in [7, 11) is 0. The molecule has 0 aliphatic carbocycles. The van der Waals surface area contributed by atoms with Gasteiger partial charge in [0.15, 0.2) is 0 Å². The third-order valence-corrected chi connectivity index (χ3v) is 3.58. The second-order valence-electron chi connectivity index (χ2n) is 6.03. The second-order valence-corrected chi connectivity index (χ2v) is 6.03. The maximum Gasteiger partial charge on any atom is 0.0959 e. The summed E-state index contributed by atoms with van der Waals surface area (Å²) >= 11 is 0. The number of benzene rings is 1. The van der Waals surface area contributed by atoms with Gasteiger partial charge in [-0.25, -0.2) is 4.98 Å². The van der Waals surface area contributed by atoms with Crippen LogP contribution in [0.5, 0.6) is 0 Å². The van der Waals surface area contributed by atoms with Gasteiger partial charge in [-0.15, -0.1) is 0 Å². The van der Waals surface area contributed by atoms with Crippen LogP contribution in [0.1, 0.15) is 25.0 Å². The molecule has 0 radical (unpaired) electrons. The van der Waals surface area contributed by atoms with Crippen molar-refractivity contribution in [1.29, 1.82) is 0 Å². The van der Waals surface area contributed by atoms with E-state index in [0.29, 0.717) is 19.0 Å². The monoisotopic (exact) mass is 275 g/mol. The summed E-state index contributed by atoms with van der Waals surface area (Å²) in [6, 6.07) is 4.25. The summed E-state index contributed by atoms with van der Waals surface area (Å²) < 4.78 is 2.03. The molecule has 4 heteroatoms. The molecule has 1 atom stereocenters. The van der Waals surface area contributed by atoms with Gasteiger partial charge >= 0.3 is 0 Å². The number of aliphatic hydroxyl groups excluding tert-OH is 1. The number of hydrogen-bond acceptors (Lipinski definition) is 3. The first-order valence-corrected chi connectivity index (χ1v) is 7.28. The van der Waals surface area contributed by atoms with Crippen LogP contribution in [0, 0.1) is 19.8 Å². The Morgan fingerprint density at radius 2 is 1.90 bits per heavy atom. The summed E-state index contributed by atoms with van der Waals surface area (Å²) in [5, 5.41) is 13.4. The summed E-state index contributed by atoms with van der Waals surface area (Å²) in [6.45, 7) is 10.6. The van der Waals surface area contributed by atoms with Crippen molar-refractivity contribution in [3.05, 3.63) is 29.6 Å². The molecule has 0 spiro atoms. The molecule has 4 nitrogen and oxygen atoms in total. The van der Waals surface area contributed by atoms with Gasteiger partial charge in [0.2, 0.25) is 0 Å². The number of nitrogens with one attached hydrogen (secondary N) is 1. The van der Waals surface area contributed by atoms with Gasteiger partial charge < -0.3 is 15.0 Å². The Bertz CT molecular complexity index is 574. The first-order chi connectivity index (χ1) is 9.47. The van der Waals surface area contributed by atoms with Crippen molar-refractivity contribution >= 4 is 11.0 Å². The van der Waals surface area contributed by atoms with E-state index >= 15 is 0 Å². The van der Waals surface area contributed by atoms with Crippen LogP contribution in [0.25, 0.3) is 11.0 Å². The first kappa shape index (κ1) is 15.0. The number of rotatable bonds is 6. The van der Waals surface area contributed by atoms with E-state index < -0.39 is 6.10 Å². The van der Waals surface area contributed by atoms with Gasteiger partial charge in [0.25, 0.3) is 0 Å². The first-order valence-electron chi connectivity index (χ1n) is 7.28. The van der Waals surface area contributed by atoms with Crippen molar-refractivity contribution in [2.75, 3.05) is 13.1 Å². The molecule has 1 heterocycles. The van der Waals surface area contributed by atoms with Crippen LogP contribution in [-0.2, 0) is 6.54 Å². The van der Waals surface area contributed by atoms with E-state index in [2.05, 4.69) is 50.1 Å². The molecule has 20 heavy (non-hydrogen) atoms. The Kier molecular flexibility index (Phi) is 4.78. The number of aromatic nitrogens is 2. The standard InChI is InChI=1S/C16H25N3O/c1-11(2)7-17-8-14(20)9-19-10-18-15-5-12(3)13(4)6-16(15)19/h5-6,10-11,14,17,20H,7-9H2,1-4H3. The van der Waals surface area contributed by atoms with Crippen LogP contribution in [0.15, 0.2) is 18.5 Å². The molecular weight excluding hydrogens is 250 g/mol. The van der Waals surface area contributed by atoms with Crippen molar-refractivity contribution in [2.24, 2.45) is 5.92 Å². The average molecular weight is 275 g/mol. The van der Waals surface area contributed by atoms with Crippen molar-refractivity contribution in [3.63, 3.8) is 0 Å². The summed E-state index contributed by atoms with van der Waals surface area (Å²) in [4.78, 5) is 4.41. The minimum Gasteiger partial charge on any atom is -0.390 e. The normalized spacial score (nSPS) is 13.3. The maximum absolute atomic E-state index is 10.1. The molecule has 0 saturated heterocycles. The van der Waals surface area contributed by atoms with Crippen molar-refractivity contribution in [1.82, 2.24) is 14.9 Å². The minimum absolute atomic E-state index is 0.396. The quantitative estimate of drug-likeness (QED) is 0.850. The Labute approximate surface area is 120 Å². The molecule has 110 valence electrons. The molecule has 2 N–H and O–H groups in total. The average Bonchev–Trinajstić information content (AvgIpc) is 2.72. The highest BCUT2D eigenvalue weighted by molar-refractivity contribution is 5.77. The van der Waals surface area contributed by atoms with Gasteiger partial charge in [-0.3, -0.25) is 0 Å². The zero-order chi connectivity index (χ0) is 14.7. The van der Waals surface area contributed by atoms with Crippen LogP contribution < -0.4 is 5.32 Å². The molecule has 0 bridgehead atoms. The molecule has 0 saturated carbocycles. The third kappa shape index (κ3) is 3.58. The predicted octanol–water partition coefficient (Wildman–Crippen LogP) is 2.26. The lowest BCUT2D eigenvalue weighted by molar-refractivity contribution is 0.152. The fourth-order valence-electron chi connectivity index (χ4n) is 2.29. The molecule has 1 unspecified atom stereocenters. The fourth-order valence-corrected chi connectivity index (χ4v) is 2.29.